The zero-order chi connectivity index (χ0) is 22.8. The molecule has 1 aliphatic rings. The number of fused-ring (bicyclic) bond motifs is 3. The van der Waals surface area contributed by atoms with E-state index in [0.717, 1.165) is 28.6 Å². The highest BCUT2D eigenvalue weighted by Gasteiger charge is 2.36. The molecule has 1 amide bonds. The quantitative estimate of drug-likeness (QED) is 0.580. The number of para-hydroxylation sites is 1. The summed E-state index contributed by atoms with van der Waals surface area (Å²) in [4.78, 5) is 29.9. The standard InChI is InChI=1S/C25H28N2O5/c1-15(13-23(29)30)12-22(28)27-11-10-18-17-6-4-5-7-20(17)26-24(18)25(27)19-14-16(31-2)8-9-21(19)32-3/h4-9,14-15,25-26H,10-13H2,1-3H3,(H,29,30). The Bertz CT molecular complexity index is 1150. The number of aromatic amines is 1. The lowest BCUT2D eigenvalue weighted by molar-refractivity contribution is -0.139. The van der Waals surface area contributed by atoms with Gasteiger partial charge in [-0.1, -0.05) is 25.1 Å². The molecule has 4 rings (SSSR count). The number of aromatic nitrogens is 1. The van der Waals surface area contributed by atoms with Crippen LogP contribution in [0.1, 0.15) is 42.6 Å². The number of carbonyl (C=O) groups is 2. The van der Waals surface area contributed by atoms with E-state index in [1.807, 2.05) is 41.3 Å². The van der Waals surface area contributed by atoms with Gasteiger partial charge in [0.05, 0.1) is 14.2 Å². The van der Waals surface area contributed by atoms with Crippen LogP contribution in [0.5, 0.6) is 11.5 Å². The van der Waals surface area contributed by atoms with Gasteiger partial charge in [0.15, 0.2) is 0 Å². The smallest absolute Gasteiger partial charge is 0.303 e. The molecular formula is C25H28N2O5. The summed E-state index contributed by atoms with van der Waals surface area (Å²) in [7, 11) is 3.22. The molecule has 2 N–H and O–H groups in total. The first-order valence-corrected chi connectivity index (χ1v) is 10.8. The second kappa shape index (κ2) is 8.94. The van der Waals surface area contributed by atoms with Crippen LogP contribution >= 0.6 is 0 Å². The molecule has 1 aromatic heterocycles. The number of hydrogen-bond acceptors (Lipinski definition) is 4. The summed E-state index contributed by atoms with van der Waals surface area (Å²) in [5.41, 5.74) is 4.01. The number of amides is 1. The van der Waals surface area contributed by atoms with E-state index in [1.54, 1.807) is 21.1 Å². The summed E-state index contributed by atoms with van der Waals surface area (Å²) in [6, 6.07) is 13.3. The zero-order valence-electron chi connectivity index (χ0n) is 18.6. The lowest BCUT2D eigenvalue weighted by Crippen LogP contribution is -2.41. The second-order valence-electron chi connectivity index (χ2n) is 8.32. The van der Waals surface area contributed by atoms with Crippen molar-refractivity contribution in [1.29, 1.82) is 0 Å². The predicted molar refractivity (Wildman–Crippen MR) is 121 cm³/mol. The SMILES string of the molecule is COc1ccc(OC)c(C2c3[nH]c4ccccc4c3CCN2C(=O)CC(C)CC(=O)O)c1. The molecule has 168 valence electrons. The number of benzene rings is 2. The van der Waals surface area contributed by atoms with Crippen molar-refractivity contribution < 1.29 is 24.2 Å². The normalized spacial score (nSPS) is 16.5. The van der Waals surface area contributed by atoms with Crippen LogP contribution in [-0.4, -0.2) is 47.6 Å². The maximum atomic E-state index is 13.4. The van der Waals surface area contributed by atoms with Crippen molar-refractivity contribution in [2.75, 3.05) is 20.8 Å². The van der Waals surface area contributed by atoms with Crippen molar-refractivity contribution in [3.8, 4) is 11.5 Å². The average Bonchev–Trinajstić information content (AvgIpc) is 3.16. The van der Waals surface area contributed by atoms with Gasteiger partial charge in [0.2, 0.25) is 5.91 Å². The fraction of sp³-hybridized carbons (Fsp3) is 0.360. The van der Waals surface area contributed by atoms with Crippen molar-refractivity contribution in [1.82, 2.24) is 9.88 Å². The van der Waals surface area contributed by atoms with Gasteiger partial charge in [-0.25, -0.2) is 0 Å². The van der Waals surface area contributed by atoms with E-state index < -0.39 is 5.97 Å². The molecule has 0 aliphatic carbocycles. The summed E-state index contributed by atoms with van der Waals surface area (Å²) in [6.07, 6.45) is 0.857. The zero-order valence-corrected chi connectivity index (χ0v) is 18.6. The Labute approximate surface area is 186 Å². The number of nitrogens with zero attached hydrogens (tertiary/aromatic N) is 1. The summed E-state index contributed by atoms with van der Waals surface area (Å²) < 4.78 is 11.1. The number of rotatable bonds is 7. The van der Waals surface area contributed by atoms with E-state index in [2.05, 4.69) is 11.1 Å². The molecule has 2 aromatic carbocycles. The van der Waals surface area contributed by atoms with Gasteiger partial charge < -0.3 is 24.5 Å². The van der Waals surface area contributed by atoms with E-state index >= 15 is 0 Å². The number of carbonyl (C=O) groups excluding carboxylic acids is 1. The van der Waals surface area contributed by atoms with Gasteiger partial charge in [-0.15, -0.1) is 0 Å². The van der Waals surface area contributed by atoms with E-state index in [0.29, 0.717) is 18.0 Å². The number of carboxylic acids is 1. The Morgan fingerprint density at radius 1 is 1.16 bits per heavy atom. The van der Waals surface area contributed by atoms with Crippen LogP contribution in [0.4, 0.5) is 0 Å². The van der Waals surface area contributed by atoms with Gasteiger partial charge in [0.1, 0.15) is 17.5 Å². The third-order valence-corrected chi connectivity index (χ3v) is 6.13. The fourth-order valence-corrected chi connectivity index (χ4v) is 4.67. The second-order valence-corrected chi connectivity index (χ2v) is 8.32. The van der Waals surface area contributed by atoms with Crippen LogP contribution < -0.4 is 9.47 Å². The number of nitrogens with one attached hydrogen (secondary N) is 1. The molecule has 7 nitrogen and oxygen atoms in total. The molecule has 0 spiro atoms. The minimum absolute atomic E-state index is 0.0373. The monoisotopic (exact) mass is 436 g/mol. The highest BCUT2D eigenvalue weighted by molar-refractivity contribution is 5.87. The highest BCUT2D eigenvalue weighted by atomic mass is 16.5. The Morgan fingerprint density at radius 2 is 1.94 bits per heavy atom. The third kappa shape index (κ3) is 4.02. The number of H-pyrrole nitrogens is 1. The van der Waals surface area contributed by atoms with Crippen molar-refractivity contribution in [3.63, 3.8) is 0 Å². The molecule has 0 saturated carbocycles. The Kier molecular flexibility index (Phi) is 6.08. The first kappa shape index (κ1) is 21.7. The summed E-state index contributed by atoms with van der Waals surface area (Å²) in [5, 5.41) is 10.3. The van der Waals surface area contributed by atoms with E-state index in [4.69, 9.17) is 14.6 Å². The number of ether oxygens (including phenoxy) is 2. The number of aliphatic carboxylic acids is 1. The van der Waals surface area contributed by atoms with Gasteiger partial charge in [-0.05, 0) is 42.2 Å². The number of carboxylic acid groups (broad SMARTS) is 1. The first-order chi connectivity index (χ1) is 15.4. The van der Waals surface area contributed by atoms with Crippen LogP contribution in [0.25, 0.3) is 10.9 Å². The Hall–Kier alpha value is -3.48. The maximum Gasteiger partial charge on any atom is 0.303 e. The van der Waals surface area contributed by atoms with Crippen molar-refractivity contribution >= 4 is 22.8 Å². The summed E-state index contributed by atoms with van der Waals surface area (Å²) in [5.74, 6) is 0.122. The van der Waals surface area contributed by atoms with Crippen molar-refractivity contribution in [3.05, 3.63) is 59.3 Å². The van der Waals surface area contributed by atoms with Gasteiger partial charge in [-0.2, -0.15) is 0 Å². The number of hydrogen-bond donors (Lipinski definition) is 2. The molecule has 3 aromatic rings. The summed E-state index contributed by atoms with van der Waals surface area (Å²) in [6.45, 7) is 2.34. The van der Waals surface area contributed by atoms with Crippen LogP contribution in [-0.2, 0) is 16.0 Å². The Balaban J connectivity index is 1.82. The third-order valence-electron chi connectivity index (χ3n) is 6.13. The molecule has 0 radical (unpaired) electrons. The van der Waals surface area contributed by atoms with Crippen LogP contribution in [0.2, 0.25) is 0 Å². The van der Waals surface area contributed by atoms with Gasteiger partial charge in [0.25, 0.3) is 0 Å². The molecule has 0 bridgehead atoms. The van der Waals surface area contributed by atoms with Gasteiger partial charge in [0, 0.05) is 41.5 Å². The van der Waals surface area contributed by atoms with E-state index in [9.17, 15) is 9.59 Å². The average molecular weight is 437 g/mol. The molecule has 7 heteroatoms. The topological polar surface area (TPSA) is 91.9 Å². The molecular weight excluding hydrogens is 408 g/mol. The predicted octanol–water partition coefficient (Wildman–Crippen LogP) is 4.16. The number of methoxy groups -OCH3 is 2. The lowest BCUT2D eigenvalue weighted by atomic mass is 9.90. The largest absolute Gasteiger partial charge is 0.497 e. The highest BCUT2D eigenvalue weighted by Crippen LogP contribution is 2.43. The first-order valence-electron chi connectivity index (χ1n) is 10.8. The maximum absolute atomic E-state index is 13.4. The van der Waals surface area contributed by atoms with Crippen LogP contribution in [0.15, 0.2) is 42.5 Å². The molecule has 2 heterocycles. The van der Waals surface area contributed by atoms with Crippen LogP contribution in [0.3, 0.4) is 0 Å². The molecule has 0 saturated heterocycles. The van der Waals surface area contributed by atoms with Gasteiger partial charge in [-0.3, -0.25) is 9.59 Å². The minimum Gasteiger partial charge on any atom is -0.497 e. The minimum atomic E-state index is -0.895. The van der Waals surface area contributed by atoms with E-state index in [-0.39, 0.29) is 30.7 Å². The Morgan fingerprint density at radius 3 is 2.66 bits per heavy atom. The fourth-order valence-electron chi connectivity index (χ4n) is 4.67. The lowest BCUT2D eigenvalue weighted by Gasteiger charge is -2.37. The molecule has 0 fully saturated rings. The van der Waals surface area contributed by atoms with E-state index in [1.165, 1.54) is 5.56 Å². The molecule has 1 aliphatic heterocycles. The van der Waals surface area contributed by atoms with Gasteiger partial charge >= 0.3 is 5.97 Å². The molecule has 32 heavy (non-hydrogen) atoms. The van der Waals surface area contributed by atoms with Crippen molar-refractivity contribution in [2.45, 2.75) is 32.2 Å². The van der Waals surface area contributed by atoms with Crippen LogP contribution in [0, 0.1) is 5.92 Å². The molecule has 2 unspecified atom stereocenters. The van der Waals surface area contributed by atoms with Crippen molar-refractivity contribution in [2.24, 2.45) is 5.92 Å². The molecule has 2 atom stereocenters. The summed E-state index contributed by atoms with van der Waals surface area (Å²) >= 11 is 0.